The molecule has 178 valence electrons. The van der Waals surface area contributed by atoms with Crippen LogP contribution >= 0.6 is 0 Å². The fourth-order valence-corrected chi connectivity index (χ4v) is 4.56. The fraction of sp³-hybridized carbons (Fsp3) is 0.290. The van der Waals surface area contributed by atoms with Crippen LogP contribution in [0, 0.1) is 19.7 Å². The van der Waals surface area contributed by atoms with Gasteiger partial charge in [0.25, 0.3) is 0 Å². The van der Waals surface area contributed by atoms with Crippen molar-refractivity contribution in [3.05, 3.63) is 82.9 Å². The molecular formula is C31H32FN2O+. The SMILES string of the molecule is [2H]C([2H])([2H])C([2H])(C)c1cc(-c2cc[n+](C)c(-c3c(C)ccc4c3oc3nc(C)ccc34)c2)cc(C([2H])(C)C([2H])([2H])[2H])c1F. The largest absolute Gasteiger partial charge is 0.437 e. The molecule has 5 aromatic rings. The lowest BCUT2D eigenvalue weighted by atomic mass is 9.89. The first kappa shape index (κ1) is 15.5. The number of pyridine rings is 2. The van der Waals surface area contributed by atoms with Gasteiger partial charge in [-0.2, -0.15) is 0 Å². The summed E-state index contributed by atoms with van der Waals surface area (Å²) in [7, 11) is 1.86. The average molecular weight is 476 g/mol. The maximum Gasteiger partial charge on any atom is 0.227 e. The molecule has 2 unspecified atom stereocenters. The van der Waals surface area contributed by atoms with Crippen LogP contribution in [-0.2, 0) is 7.05 Å². The number of fused-ring (bicyclic) bond motifs is 3. The van der Waals surface area contributed by atoms with E-state index in [-0.39, 0.29) is 5.56 Å². The summed E-state index contributed by atoms with van der Waals surface area (Å²) in [5.74, 6) is -6.02. The molecule has 2 atom stereocenters. The number of nitrogens with zero attached hydrogens (tertiary/aromatic N) is 2. The van der Waals surface area contributed by atoms with Gasteiger partial charge in [-0.15, -0.1) is 0 Å². The van der Waals surface area contributed by atoms with Crippen molar-refractivity contribution in [2.45, 2.75) is 53.2 Å². The van der Waals surface area contributed by atoms with Crippen molar-refractivity contribution in [1.82, 2.24) is 4.98 Å². The second-order valence-electron chi connectivity index (χ2n) is 9.09. The quantitative estimate of drug-likeness (QED) is 0.246. The van der Waals surface area contributed by atoms with Crippen molar-refractivity contribution in [2.24, 2.45) is 7.05 Å². The van der Waals surface area contributed by atoms with Gasteiger partial charge >= 0.3 is 0 Å². The summed E-state index contributed by atoms with van der Waals surface area (Å²) in [6.45, 7) is 0.106. The molecule has 0 aliphatic rings. The minimum Gasteiger partial charge on any atom is -0.437 e. The van der Waals surface area contributed by atoms with Gasteiger partial charge in [0.1, 0.15) is 12.9 Å². The molecule has 5 rings (SSSR count). The summed E-state index contributed by atoms with van der Waals surface area (Å²) in [4.78, 5) is 4.54. The molecule has 0 fully saturated rings. The topological polar surface area (TPSA) is 29.9 Å². The zero-order chi connectivity index (χ0) is 31.9. The predicted octanol–water partition coefficient (Wildman–Crippen LogP) is 8.14. The third-order valence-electron chi connectivity index (χ3n) is 6.47. The minimum absolute atomic E-state index is 0.283. The lowest BCUT2D eigenvalue weighted by Crippen LogP contribution is -2.30. The first-order valence-corrected chi connectivity index (χ1v) is 11.4. The maximum absolute atomic E-state index is 16.0. The Morgan fingerprint density at radius 1 is 0.943 bits per heavy atom. The Bertz CT molecular complexity index is 1860. The molecule has 4 heteroatoms. The molecule has 3 nitrogen and oxygen atoms in total. The van der Waals surface area contributed by atoms with Gasteiger partial charge in [-0.25, -0.2) is 13.9 Å². The first-order chi connectivity index (χ1) is 19.8. The molecule has 2 aromatic carbocycles. The van der Waals surface area contributed by atoms with Crippen molar-refractivity contribution in [3.63, 3.8) is 0 Å². The highest BCUT2D eigenvalue weighted by Crippen LogP contribution is 2.38. The van der Waals surface area contributed by atoms with E-state index in [1.807, 2.05) is 55.8 Å². The molecule has 0 radical (unpaired) electrons. The van der Waals surface area contributed by atoms with E-state index in [4.69, 9.17) is 15.4 Å². The van der Waals surface area contributed by atoms with E-state index >= 15 is 4.39 Å². The highest BCUT2D eigenvalue weighted by atomic mass is 19.1. The van der Waals surface area contributed by atoms with Gasteiger partial charge in [-0.1, -0.05) is 39.7 Å². The Kier molecular flexibility index (Phi) is 3.80. The third-order valence-corrected chi connectivity index (χ3v) is 6.47. The first-order valence-electron chi connectivity index (χ1n) is 15.4. The lowest BCUT2D eigenvalue weighted by Gasteiger charge is -2.17. The molecule has 0 aliphatic heterocycles. The zero-order valence-corrected chi connectivity index (χ0v) is 20.4. The Morgan fingerprint density at radius 3 is 2.31 bits per heavy atom. The van der Waals surface area contributed by atoms with Crippen LogP contribution < -0.4 is 4.57 Å². The van der Waals surface area contributed by atoms with Gasteiger partial charge in [0.05, 0.1) is 5.56 Å². The van der Waals surface area contributed by atoms with E-state index < -0.39 is 42.4 Å². The monoisotopic (exact) mass is 475 g/mol. The van der Waals surface area contributed by atoms with E-state index in [2.05, 4.69) is 4.98 Å². The summed E-state index contributed by atoms with van der Waals surface area (Å²) in [5.41, 5.74) is 4.17. The smallest absolute Gasteiger partial charge is 0.227 e. The number of aromatic nitrogens is 2. The van der Waals surface area contributed by atoms with Gasteiger partial charge in [0.2, 0.25) is 11.4 Å². The van der Waals surface area contributed by atoms with E-state index in [0.717, 1.165) is 47.1 Å². The van der Waals surface area contributed by atoms with Crippen molar-refractivity contribution < 1.29 is 24.3 Å². The maximum atomic E-state index is 16.0. The van der Waals surface area contributed by atoms with Gasteiger partial charge in [-0.3, -0.25) is 0 Å². The normalized spacial score (nSPS) is 19.4. The number of benzene rings is 2. The highest BCUT2D eigenvalue weighted by molar-refractivity contribution is 6.08. The van der Waals surface area contributed by atoms with E-state index in [9.17, 15) is 0 Å². The summed E-state index contributed by atoms with van der Waals surface area (Å²) in [6.07, 6.45) is 1.78. The highest BCUT2D eigenvalue weighted by Gasteiger charge is 2.23. The molecular weight excluding hydrogens is 435 g/mol. The molecule has 35 heavy (non-hydrogen) atoms. The summed E-state index contributed by atoms with van der Waals surface area (Å²) in [5, 5.41) is 1.75. The second-order valence-corrected chi connectivity index (χ2v) is 9.09. The third kappa shape index (κ3) is 3.91. The number of hydrogen-bond donors (Lipinski definition) is 0. The number of aryl methyl sites for hydroxylation is 3. The Balaban J connectivity index is 1.81. The molecule has 0 bridgehead atoms. The van der Waals surface area contributed by atoms with Crippen LogP contribution in [0.5, 0.6) is 0 Å². The molecule has 0 aliphatic carbocycles. The van der Waals surface area contributed by atoms with Gasteiger partial charge in [0, 0.05) is 39.6 Å². The van der Waals surface area contributed by atoms with Crippen LogP contribution in [-0.4, -0.2) is 4.98 Å². The van der Waals surface area contributed by atoms with Gasteiger partial charge in [-0.05, 0) is 77.7 Å². The summed E-state index contributed by atoms with van der Waals surface area (Å²) in [6, 6.07) is 13.9. The fourth-order valence-electron chi connectivity index (χ4n) is 4.56. The molecule has 0 N–H and O–H groups in total. The summed E-state index contributed by atoms with van der Waals surface area (Å²) >= 11 is 0. The molecule has 3 aromatic heterocycles. The Labute approximate surface area is 217 Å². The number of rotatable bonds is 4. The van der Waals surface area contributed by atoms with Gasteiger partial charge in [0.15, 0.2) is 11.8 Å². The molecule has 0 saturated carbocycles. The van der Waals surface area contributed by atoms with E-state index in [1.54, 1.807) is 12.3 Å². The Hall–Kier alpha value is -3.53. The van der Waals surface area contributed by atoms with Gasteiger partial charge < -0.3 is 4.42 Å². The number of halogens is 1. The number of furan rings is 1. The van der Waals surface area contributed by atoms with Crippen LogP contribution in [0.4, 0.5) is 4.39 Å². The van der Waals surface area contributed by atoms with Crippen LogP contribution in [0.1, 0.15) is 72.7 Å². The van der Waals surface area contributed by atoms with Crippen LogP contribution in [0.25, 0.3) is 44.5 Å². The average Bonchev–Trinajstić information content (AvgIpc) is 3.25. The second kappa shape index (κ2) is 8.60. The van der Waals surface area contributed by atoms with Crippen LogP contribution in [0.15, 0.2) is 59.1 Å². The van der Waals surface area contributed by atoms with Crippen molar-refractivity contribution >= 4 is 22.1 Å². The van der Waals surface area contributed by atoms with Crippen molar-refractivity contribution in [3.8, 4) is 22.4 Å². The predicted molar refractivity (Wildman–Crippen MR) is 141 cm³/mol. The number of hydrogen-bond acceptors (Lipinski definition) is 2. The summed E-state index contributed by atoms with van der Waals surface area (Å²) < 4.78 is 89.0. The molecule has 3 heterocycles. The van der Waals surface area contributed by atoms with Crippen molar-refractivity contribution in [2.75, 3.05) is 0 Å². The minimum atomic E-state index is -2.93. The zero-order valence-electron chi connectivity index (χ0n) is 28.4. The Morgan fingerprint density at radius 2 is 1.63 bits per heavy atom. The lowest BCUT2D eigenvalue weighted by molar-refractivity contribution is -0.660. The molecule has 0 spiro atoms. The van der Waals surface area contributed by atoms with E-state index in [1.165, 1.54) is 12.1 Å². The standard InChI is InChI=1S/C31H32FN2O/c1-17(2)25-14-22(15-26(18(3)4)29(25)32)21-12-13-34(7)27(16-21)28-19(5)8-10-23-24-11-9-20(6)33-31(24)35-30(23)28/h8-18H,1-7H3/q+1/i1D3,3D3,17D,18D. The van der Waals surface area contributed by atoms with Crippen LogP contribution in [0.3, 0.4) is 0 Å². The van der Waals surface area contributed by atoms with Crippen LogP contribution in [0.2, 0.25) is 0 Å². The van der Waals surface area contributed by atoms with E-state index in [0.29, 0.717) is 16.9 Å². The molecule has 0 amide bonds. The van der Waals surface area contributed by atoms with Crippen molar-refractivity contribution in [1.29, 1.82) is 0 Å². The molecule has 0 saturated heterocycles.